The maximum Gasteiger partial charge on any atom is 0.235 e. The Bertz CT molecular complexity index is 624. The summed E-state index contributed by atoms with van der Waals surface area (Å²) in [6.07, 6.45) is 3.00. The van der Waals surface area contributed by atoms with Gasteiger partial charge >= 0.3 is 0 Å². The number of carbonyl (C=O) groups excluding carboxylic acids is 1. The predicted molar refractivity (Wildman–Crippen MR) is 84.3 cm³/mol. The summed E-state index contributed by atoms with van der Waals surface area (Å²) in [5.41, 5.74) is 0.890. The molecule has 1 N–H and O–H groups in total. The molecule has 0 bridgehead atoms. The molecule has 1 aliphatic rings. The molecular formula is C15H20ClNO3S. The first kappa shape index (κ1) is 16.3. The minimum atomic E-state index is -3.29. The van der Waals surface area contributed by atoms with Crippen LogP contribution in [0.4, 0.5) is 0 Å². The third-order valence-electron chi connectivity index (χ3n) is 4.17. The Labute approximate surface area is 130 Å². The highest BCUT2D eigenvalue weighted by molar-refractivity contribution is 7.92. The molecule has 116 valence electrons. The Kier molecular flexibility index (Phi) is 4.94. The van der Waals surface area contributed by atoms with Crippen molar-refractivity contribution in [1.29, 1.82) is 0 Å². The average Bonchev–Trinajstić information content (AvgIpc) is 2.39. The van der Waals surface area contributed by atoms with Crippen LogP contribution in [0.1, 0.15) is 31.7 Å². The van der Waals surface area contributed by atoms with Crippen molar-refractivity contribution in [3.63, 3.8) is 0 Å². The van der Waals surface area contributed by atoms with Crippen LogP contribution >= 0.6 is 11.6 Å². The van der Waals surface area contributed by atoms with E-state index < -0.39 is 21.5 Å². The zero-order valence-corrected chi connectivity index (χ0v) is 13.6. The molecule has 0 atom stereocenters. The molecule has 1 saturated carbocycles. The minimum absolute atomic E-state index is 0.0178. The number of carbonyl (C=O) groups is 1. The van der Waals surface area contributed by atoms with Gasteiger partial charge in [-0.1, -0.05) is 43.1 Å². The summed E-state index contributed by atoms with van der Waals surface area (Å²) >= 11 is 6.26. The topological polar surface area (TPSA) is 63.2 Å². The van der Waals surface area contributed by atoms with Gasteiger partial charge in [-0.15, -0.1) is 0 Å². The SMILES string of the molecule is CCS(=O)(=O)CC(=O)NCC1(c2ccccc2Cl)CCC1. The van der Waals surface area contributed by atoms with Crippen molar-refractivity contribution >= 4 is 27.3 Å². The van der Waals surface area contributed by atoms with E-state index in [1.807, 2.05) is 24.3 Å². The minimum Gasteiger partial charge on any atom is -0.354 e. The number of amides is 1. The zero-order valence-electron chi connectivity index (χ0n) is 12.1. The molecule has 4 nitrogen and oxygen atoms in total. The van der Waals surface area contributed by atoms with E-state index in [1.54, 1.807) is 6.92 Å². The smallest absolute Gasteiger partial charge is 0.235 e. The van der Waals surface area contributed by atoms with E-state index in [0.29, 0.717) is 11.6 Å². The highest BCUT2D eigenvalue weighted by atomic mass is 35.5. The van der Waals surface area contributed by atoms with E-state index in [4.69, 9.17) is 11.6 Å². The monoisotopic (exact) mass is 329 g/mol. The molecule has 0 aromatic heterocycles. The van der Waals surface area contributed by atoms with E-state index in [-0.39, 0.29) is 11.2 Å². The Morgan fingerprint density at radius 2 is 2.00 bits per heavy atom. The van der Waals surface area contributed by atoms with Gasteiger partial charge in [-0.05, 0) is 24.5 Å². The van der Waals surface area contributed by atoms with Crippen molar-refractivity contribution < 1.29 is 13.2 Å². The molecule has 2 rings (SSSR count). The molecule has 0 radical (unpaired) electrons. The number of hydrogen-bond acceptors (Lipinski definition) is 3. The standard InChI is InChI=1S/C15H20ClNO3S/c1-2-21(19,20)10-14(18)17-11-15(8-5-9-15)12-6-3-4-7-13(12)16/h3-4,6-7H,2,5,8-11H2,1H3,(H,17,18). The molecule has 0 spiro atoms. The van der Waals surface area contributed by atoms with Crippen LogP contribution in [-0.2, 0) is 20.0 Å². The van der Waals surface area contributed by atoms with Crippen LogP contribution in [0.3, 0.4) is 0 Å². The molecule has 0 heterocycles. The van der Waals surface area contributed by atoms with Gasteiger partial charge in [-0.25, -0.2) is 8.42 Å². The fourth-order valence-electron chi connectivity index (χ4n) is 2.66. The summed E-state index contributed by atoms with van der Waals surface area (Å²) in [7, 11) is -3.29. The van der Waals surface area contributed by atoms with Gasteiger partial charge in [0.25, 0.3) is 0 Å². The fourth-order valence-corrected chi connectivity index (χ4v) is 3.70. The third-order valence-corrected chi connectivity index (χ3v) is 6.08. The lowest BCUT2D eigenvalue weighted by Gasteiger charge is -2.43. The molecule has 0 aliphatic heterocycles. The molecule has 1 aromatic rings. The average molecular weight is 330 g/mol. The van der Waals surface area contributed by atoms with Gasteiger partial charge in [0.15, 0.2) is 9.84 Å². The third kappa shape index (κ3) is 3.77. The fraction of sp³-hybridized carbons (Fsp3) is 0.533. The summed E-state index contributed by atoms with van der Waals surface area (Å²) in [5, 5.41) is 3.47. The van der Waals surface area contributed by atoms with Crippen molar-refractivity contribution in [2.75, 3.05) is 18.1 Å². The second-order valence-corrected chi connectivity index (χ2v) is 8.33. The lowest BCUT2D eigenvalue weighted by molar-refractivity contribution is -0.119. The highest BCUT2D eigenvalue weighted by Gasteiger charge is 2.40. The Hall–Kier alpha value is -1.07. The molecule has 1 aliphatic carbocycles. The number of rotatable bonds is 6. The molecular weight excluding hydrogens is 310 g/mol. The van der Waals surface area contributed by atoms with Crippen LogP contribution < -0.4 is 5.32 Å². The van der Waals surface area contributed by atoms with Crippen LogP contribution in [-0.4, -0.2) is 32.4 Å². The quantitative estimate of drug-likeness (QED) is 0.871. The number of halogens is 1. The molecule has 0 unspecified atom stereocenters. The predicted octanol–water partition coefficient (Wildman–Crippen LogP) is 2.31. The Balaban J connectivity index is 2.04. The normalized spacial score (nSPS) is 17.0. The van der Waals surface area contributed by atoms with E-state index in [0.717, 1.165) is 24.8 Å². The molecule has 0 saturated heterocycles. The van der Waals surface area contributed by atoms with Crippen LogP contribution in [0.15, 0.2) is 24.3 Å². The summed E-state index contributed by atoms with van der Waals surface area (Å²) in [5.74, 6) is -0.895. The molecule has 1 aromatic carbocycles. The van der Waals surface area contributed by atoms with Gasteiger partial charge < -0.3 is 5.32 Å². The second-order valence-electron chi connectivity index (χ2n) is 5.57. The number of benzene rings is 1. The van der Waals surface area contributed by atoms with Gasteiger partial charge in [0.1, 0.15) is 5.75 Å². The van der Waals surface area contributed by atoms with Crippen LogP contribution in [0.2, 0.25) is 5.02 Å². The summed E-state index contributed by atoms with van der Waals surface area (Å²) in [6, 6.07) is 7.64. The van der Waals surface area contributed by atoms with Crippen molar-refractivity contribution in [3.8, 4) is 0 Å². The maximum absolute atomic E-state index is 11.8. The molecule has 6 heteroatoms. The number of hydrogen-bond donors (Lipinski definition) is 1. The van der Waals surface area contributed by atoms with Crippen molar-refractivity contribution in [2.45, 2.75) is 31.6 Å². The first-order chi connectivity index (χ1) is 9.88. The van der Waals surface area contributed by atoms with E-state index in [2.05, 4.69) is 5.32 Å². The van der Waals surface area contributed by atoms with Crippen LogP contribution in [0.25, 0.3) is 0 Å². The lowest BCUT2D eigenvalue weighted by Crippen LogP contribution is -2.47. The summed E-state index contributed by atoms with van der Waals surface area (Å²) < 4.78 is 22.9. The Morgan fingerprint density at radius 3 is 2.52 bits per heavy atom. The summed E-state index contributed by atoms with van der Waals surface area (Å²) in [6.45, 7) is 1.98. The Morgan fingerprint density at radius 1 is 1.33 bits per heavy atom. The number of nitrogens with one attached hydrogen (secondary N) is 1. The van der Waals surface area contributed by atoms with Crippen molar-refractivity contribution in [2.24, 2.45) is 0 Å². The van der Waals surface area contributed by atoms with Gasteiger partial charge in [0.05, 0.1) is 0 Å². The summed E-state index contributed by atoms with van der Waals surface area (Å²) in [4.78, 5) is 11.8. The van der Waals surface area contributed by atoms with E-state index in [1.165, 1.54) is 0 Å². The van der Waals surface area contributed by atoms with Gasteiger partial charge in [-0.3, -0.25) is 4.79 Å². The highest BCUT2D eigenvalue weighted by Crippen LogP contribution is 2.45. The first-order valence-electron chi connectivity index (χ1n) is 7.11. The van der Waals surface area contributed by atoms with Gasteiger partial charge in [-0.2, -0.15) is 0 Å². The van der Waals surface area contributed by atoms with Crippen LogP contribution in [0, 0.1) is 0 Å². The lowest BCUT2D eigenvalue weighted by atomic mass is 9.64. The van der Waals surface area contributed by atoms with Crippen molar-refractivity contribution in [3.05, 3.63) is 34.9 Å². The van der Waals surface area contributed by atoms with Gasteiger partial charge in [0.2, 0.25) is 5.91 Å². The number of sulfone groups is 1. The molecule has 1 fully saturated rings. The van der Waals surface area contributed by atoms with Crippen molar-refractivity contribution in [1.82, 2.24) is 5.32 Å². The second kappa shape index (κ2) is 6.36. The largest absolute Gasteiger partial charge is 0.354 e. The van der Waals surface area contributed by atoms with Gasteiger partial charge in [0, 0.05) is 22.7 Å². The maximum atomic E-state index is 11.8. The molecule has 1 amide bonds. The first-order valence-corrected chi connectivity index (χ1v) is 9.31. The molecule has 21 heavy (non-hydrogen) atoms. The van der Waals surface area contributed by atoms with Crippen LogP contribution in [0.5, 0.6) is 0 Å². The van der Waals surface area contributed by atoms with E-state index in [9.17, 15) is 13.2 Å². The zero-order chi connectivity index (χ0) is 15.5. The van der Waals surface area contributed by atoms with E-state index >= 15 is 0 Å².